The zero-order chi connectivity index (χ0) is 42.1. The number of nitrogens with one attached hydrogen (secondary N) is 1. The van der Waals surface area contributed by atoms with Crippen molar-refractivity contribution in [2.45, 2.75) is 108 Å². The summed E-state index contributed by atoms with van der Waals surface area (Å²) in [5.74, 6) is -6.05. The number of aliphatic hydroxyl groups excluding tert-OH is 1. The van der Waals surface area contributed by atoms with Crippen LogP contribution in [0.5, 0.6) is 0 Å². The maximum atomic E-state index is 14.4. The highest BCUT2D eigenvalue weighted by molar-refractivity contribution is 7.92. The Hall–Kier alpha value is -4.41. The van der Waals surface area contributed by atoms with E-state index >= 15 is 0 Å². The van der Waals surface area contributed by atoms with Gasteiger partial charge in [0.2, 0.25) is 11.8 Å². The Labute approximate surface area is 325 Å². The predicted octanol–water partition coefficient (Wildman–Crippen LogP) is 5.92. The quantitative estimate of drug-likeness (QED) is 0.102. The number of hydrogen-bond donors (Lipinski definition) is 4. The second-order valence-electron chi connectivity index (χ2n) is 13.5. The third kappa shape index (κ3) is 16.8. The molecule has 310 valence electrons. The molecule has 10 nitrogen and oxygen atoms in total. The van der Waals surface area contributed by atoms with Crippen LogP contribution in [0.4, 0.5) is 22.0 Å². The maximum Gasteiger partial charge on any atom is 0.490 e. The van der Waals surface area contributed by atoms with Crippen molar-refractivity contribution >= 4 is 27.6 Å². The van der Waals surface area contributed by atoms with Gasteiger partial charge in [0, 0.05) is 31.6 Å². The zero-order valence-corrected chi connectivity index (χ0v) is 32.6. The lowest BCUT2D eigenvalue weighted by Gasteiger charge is -2.32. The molecule has 3 atom stereocenters. The Morgan fingerprint density at radius 1 is 0.839 bits per heavy atom. The van der Waals surface area contributed by atoms with Gasteiger partial charge in [-0.2, -0.15) is 13.2 Å². The molecule has 0 aromatic heterocycles. The van der Waals surface area contributed by atoms with Crippen molar-refractivity contribution in [2.24, 2.45) is 5.73 Å². The van der Waals surface area contributed by atoms with Crippen molar-refractivity contribution in [3.05, 3.63) is 107 Å². The maximum absolute atomic E-state index is 14.4. The van der Waals surface area contributed by atoms with Crippen molar-refractivity contribution in [1.82, 2.24) is 10.2 Å². The molecule has 0 saturated heterocycles. The first kappa shape index (κ1) is 47.7. The van der Waals surface area contributed by atoms with Gasteiger partial charge in [-0.05, 0) is 66.5 Å². The molecule has 16 heteroatoms. The van der Waals surface area contributed by atoms with Gasteiger partial charge in [-0.1, -0.05) is 88.2 Å². The van der Waals surface area contributed by atoms with E-state index in [9.17, 15) is 45.1 Å². The van der Waals surface area contributed by atoms with Crippen LogP contribution in [0.25, 0.3) is 0 Å². The minimum atomic E-state index is -5.08. The van der Waals surface area contributed by atoms with E-state index in [1.54, 1.807) is 0 Å². The van der Waals surface area contributed by atoms with Gasteiger partial charge in [0.05, 0.1) is 17.1 Å². The van der Waals surface area contributed by atoms with Gasteiger partial charge in [0.1, 0.15) is 17.7 Å². The first-order chi connectivity index (χ1) is 26.3. The number of aliphatic hydroxyl groups is 1. The van der Waals surface area contributed by atoms with Crippen LogP contribution in [0.1, 0.15) is 75.1 Å². The molecule has 0 bridgehead atoms. The molecule has 3 aromatic rings. The fourth-order valence-electron chi connectivity index (χ4n) is 5.98. The number of amides is 2. The lowest BCUT2D eigenvalue weighted by molar-refractivity contribution is -0.192. The Kier molecular flexibility index (Phi) is 19.6. The van der Waals surface area contributed by atoms with E-state index in [0.717, 1.165) is 41.3 Å². The van der Waals surface area contributed by atoms with Gasteiger partial charge >= 0.3 is 12.1 Å². The number of sulfone groups is 1. The largest absolute Gasteiger partial charge is 0.490 e. The molecule has 0 aliphatic heterocycles. The molecule has 0 radical (unpaired) electrons. The molecule has 0 spiro atoms. The number of hydrogen-bond acceptors (Lipinski definition) is 7. The van der Waals surface area contributed by atoms with Gasteiger partial charge in [-0.3, -0.25) is 9.59 Å². The first-order valence-corrected chi connectivity index (χ1v) is 20.1. The molecule has 3 aromatic carbocycles. The van der Waals surface area contributed by atoms with Crippen LogP contribution in [0.15, 0.2) is 72.8 Å². The summed E-state index contributed by atoms with van der Waals surface area (Å²) < 4.78 is 87.0. The number of carbonyl (C=O) groups excluding carboxylic acids is 2. The average molecular weight is 814 g/mol. The van der Waals surface area contributed by atoms with E-state index < -0.39 is 74.6 Å². The molecular weight excluding hydrogens is 762 g/mol. The summed E-state index contributed by atoms with van der Waals surface area (Å²) in [4.78, 5) is 37.9. The highest BCUT2D eigenvalue weighted by atomic mass is 32.2. The van der Waals surface area contributed by atoms with Gasteiger partial charge in [-0.25, -0.2) is 22.0 Å². The minimum Gasteiger partial charge on any atom is -0.475 e. The van der Waals surface area contributed by atoms with E-state index in [4.69, 9.17) is 15.6 Å². The first-order valence-electron chi connectivity index (χ1n) is 18.4. The predicted molar refractivity (Wildman–Crippen MR) is 203 cm³/mol. The Morgan fingerprint density at radius 2 is 1.39 bits per heavy atom. The van der Waals surface area contributed by atoms with Gasteiger partial charge in [0.15, 0.2) is 9.84 Å². The number of carboxylic acids is 1. The monoisotopic (exact) mass is 813 g/mol. The second-order valence-corrected chi connectivity index (χ2v) is 15.9. The van der Waals surface area contributed by atoms with Crippen molar-refractivity contribution in [1.29, 1.82) is 0 Å². The molecule has 56 heavy (non-hydrogen) atoms. The summed E-state index contributed by atoms with van der Waals surface area (Å²) >= 11 is 0. The number of alkyl halides is 3. The molecule has 5 N–H and O–H groups in total. The van der Waals surface area contributed by atoms with Gasteiger partial charge < -0.3 is 26.2 Å². The number of rotatable bonds is 20. The number of nitrogens with zero attached hydrogens (tertiary/aromatic N) is 1. The van der Waals surface area contributed by atoms with Crippen LogP contribution in [0, 0.1) is 11.6 Å². The number of nitrogens with two attached hydrogens (primary N) is 1. The molecule has 0 aliphatic rings. The van der Waals surface area contributed by atoms with Crippen molar-refractivity contribution in [3.8, 4) is 0 Å². The number of aryl methyl sites for hydroxylation is 2. The number of benzene rings is 3. The third-order valence-electron chi connectivity index (χ3n) is 8.87. The van der Waals surface area contributed by atoms with Crippen molar-refractivity contribution in [3.63, 3.8) is 0 Å². The summed E-state index contributed by atoms with van der Waals surface area (Å²) in [6.45, 7) is 5.50. The van der Waals surface area contributed by atoms with E-state index in [0.29, 0.717) is 32.1 Å². The average Bonchev–Trinajstić information content (AvgIpc) is 3.12. The van der Waals surface area contributed by atoms with Gasteiger partial charge in [0.25, 0.3) is 0 Å². The Bertz CT molecular complexity index is 1790. The topological polar surface area (TPSA) is 167 Å². The van der Waals surface area contributed by atoms with Crippen LogP contribution < -0.4 is 11.1 Å². The highest BCUT2D eigenvalue weighted by Gasteiger charge is 2.38. The molecule has 2 amide bonds. The lowest BCUT2D eigenvalue weighted by atomic mass is 10.0. The smallest absolute Gasteiger partial charge is 0.475 e. The summed E-state index contributed by atoms with van der Waals surface area (Å²) in [6, 6.07) is 17.5. The van der Waals surface area contributed by atoms with Crippen molar-refractivity contribution < 1.29 is 55.0 Å². The molecule has 3 rings (SSSR count). The van der Waals surface area contributed by atoms with Crippen LogP contribution in [0.2, 0.25) is 0 Å². The van der Waals surface area contributed by atoms with E-state index in [1.165, 1.54) is 4.90 Å². The lowest BCUT2D eigenvalue weighted by Crippen LogP contribution is -2.55. The van der Waals surface area contributed by atoms with E-state index in [1.807, 2.05) is 75.4 Å². The molecule has 0 saturated carbocycles. The third-order valence-corrected chi connectivity index (χ3v) is 11.2. The van der Waals surface area contributed by atoms with Crippen molar-refractivity contribution in [2.75, 3.05) is 12.3 Å². The van der Waals surface area contributed by atoms with Gasteiger partial charge in [-0.15, -0.1) is 0 Å². The second kappa shape index (κ2) is 23.0. The highest BCUT2D eigenvalue weighted by Crippen LogP contribution is 2.20. The fraction of sp³-hybridized carbons (Fsp3) is 0.475. The summed E-state index contributed by atoms with van der Waals surface area (Å²) in [5, 5.41) is 20.4. The summed E-state index contributed by atoms with van der Waals surface area (Å²) in [7, 11) is -3.83. The Balaban J connectivity index is 0.00000141. The summed E-state index contributed by atoms with van der Waals surface area (Å²) in [6.07, 6.45) is -3.17. The normalized spacial score (nSPS) is 13.3. The molecular formula is C40H52F5N3O7S. The van der Waals surface area contributed by atoms with Crippen LogP contribution in [-0.2, 0) is 50.0 Å². The molecule has 0 heterocycles. The van der Waals surface area contributed by atoms with Crippen LogP contribution in [0.3, 0.4) is 0 Å². The summed E-state index contributed by atoms with van der Waals surface area (Å²) in [5.41, 5.74) is 9.22. The fourth-order valence-corrected chi connectivity index (χ4v) is 8.13. The standard InChI is InChI=1S/C38H51F2N3O5S.C2HF3O2/c1-4-11-33(12-5-2)49(47,48)26-35(42-37(45)18-17-28-13-8-7-9-14-28)38(46)43(24-29-16-10-15-27(6-3)19-29)25-36(44)34(41)22-30-20-31(39)23-32(40)21-30;3-2(4,5)1(6)7/h7-10,13-16,19-21,23,33-36,44H,4-6,11-12,17-18,22,24-26,41H2,1-3H3,(H,42,45);(H,6,7)/t34-,35-,36+;/m0./s1. The minimum absolute atomic E-state index is 0.00876. The SMILES string of the molecule is CCCC(CCC)S(=O)(=O)C[C@H](NC(=O)CCc1ccccc1)C(=O)N(Cc1cccc(CC)c1)C[C@@H](O)[C@@H](N)Cc1cc(F)cc(F)c1.O=C(O)C(F)(F)F. The number of aliphatic carboxylic acids is 1. The number of carbonyl (C=O) groups is 3. The Morgan fingerprint density at radius 3 is 1.93 bits per heavy atom. The zero-order valence-electron chi connectivity index (χ0n) is 31.8. The molecule has 0 unspecified atom stereocenters. The molecule has 0 aliphatic carbocycles. The number of carboxylic acid groups (broad SMARTS) is 1. The van der Waals surface area contributed by atoms with Crippen LogP contribution in [-0.4, -0.2) is 83.2 Å². The van der Waals surface area contributed by atoms with E-state index in [-0.39, 0.29) is 31.5 Å². The number of halogens is 5. The van der Waals surface area contributed by atoms with E-state index in [2.05, 4.69) is 5.32 Å². The molecule has 0 fully saturated rings. The van der Waals surface area contributed by atoms with Crippen LogP contribution >= 0.6 is 0 Å².